The van der Waals surface area contributed by atoms with Gasteiger partial charge >= 0.3 is 0 Å². The van der Waals surface area contributed by atoms with Crippen molar-refractivity contribution in [3.05, 3.63) is 0 Å². The first-order valence-corrected chi connectivity index (χ1v) is 8.50. The molecule has 0 aliphatic rings. The third-order valence-corrected chi connectivity index (χ3v) is 5.61. The summed E-state index contributed by atoms with van der Waals surface area (Å²) in [4.78, 5) is 0. The van der Waals surface area contributed by atoms with Crippen LogP contribution in [-0.4, -0.2) is 33.0 Å². The van der Waals surface area contributed by atoms with Crippen LogP contribution >= 0.6 is 0 Å². The summed E-state index contributed by atoms with van der Waals surface area (Å²) in [6.45, 7) is 12.4. The van der Waals surface area contributed by atoms with Crippen LogP contribution in [0.4, 0.5) is 0 Å². The predicted molar refractivity (Wildman–Crippen MR) is 75.1 cm³/mol. The van der Waals surface area contributed by atoms with Crippen molar-refractivity contribution in [3.63, 3.8) is 0 Å². The van der Waals surface area contributed by atoms with E-state index in [1.807, 2.05) is 0 Å². The van der Waals surface area contributed by atoms with Crippen LogP contribution in [0.15, 0.2) is 0 Å². The van der Waals surface area contributed by atoms with Gasteiger partial charge in [-0.1, -0.05) is 34.6 Å². The highest BCUT2D eigenvalue weighted by molar-refractivity contribution is 7.91. The Kier molecular flexibility index (Phi) is 7.33. The van der Waals surface area contributed by atoms with Gasteiger partial charge in [0.05, 0.1) is 5.75 Å². The van der Waals surface area contributed by atoms with E-state index in [-0.39, 0.29) is 11.2 Å². The van der Waals surface area contributed by atoms with E-state index in [0.717, 1.165) is 25.9 Å². The number of hydrogen-bond donors (Lipinski definition) is 1. The first kappa shape index (κ1) is 16.9. The van der Waals surface area contributed by atoms with Crippen molar-refractivity contribution in [1.29, 1.82) is 0 Å². The predicted octanol–water partition coefficient (Wildman–Crippen LogP) is 2.47. The van der Waals surface area contributed by atoms with Crippen molar-refractivity contribution in [2.45, 2.75) is 47.5 Å². The molecule has 1 N–H and O–H groups in total. The summed E-state index contributed by atoms with van der Waals surface area (Å²) in [5.74, 6) is 1.15. The topological polar surface area (TPSA) is 46.2 Å². The summed E-state index contributed by atoms with van der Waals surface area (Å²) in [6.07, 6.45) is 1.74. The molecule has 0 bridgehead atoms. The van der Waals surface area contributed by atoms with Gasteiger partial charge in [0, 0.05) is 12.3 Å². The molecule has 104 valence electrons. The van der Waals surface area contributed by atoms with E-state index >= 15 is 0 Å². The zero-order valence-electron chi connectivity index (χ0n) is 12.0. The summed E-state index contributed by atoms with van der Waals surface area (Å²) in [7, 11) is -2.81. The Morgan fingerprint density at radius 2 is 1.82 bits per heavy atom. The van der Waals surface area contributed by atoms with Gasteiger partial charge in [-0.05, 0) is 30.7 Å². The van der Waals surface area contributed by atoms with Crippen molar-refractivity contribution in [1.82, 2.24) is 5.32 Å². The van der Waals surface area contributed by atoms with E-state index in [1.54, 1.807) is 6.92 Å². The molecule has 0 rings (SSSR count). The Hall–Kier alpha value is -0.0900. The van der Waals surface area contributed by atoms with E-state index in [0.29, 0.717) is 11.7 Å². The molecular formula is C13H29NO2S. The highest BCUT2D eigenvalue weighted by Crippen LogP contribution is 2.31. The molecule has 0 radical (unpaired) electrons. The summed E-state index contributed by atoms with van der Waals surface area (Å²) in [5.41, 5.74) is 0.194. The quantitative estimate of drug-likeness (QED) is 0.695. The summed E-state index contributed by atoms with van der Waals surface area (Å²) < 4.78 is 22.9. The molecule has 0 heterocycles. The smallest absolute Gasteiger partial charge is 0.150 e. The molecule has 0 saturated heterocycles. The molecule has 0 aliphatic carbocycles. The molecule has 3 nitrogen and oxygen atoms in total. The first-order valence-electron chi connectivity index (χ1n) is 6.68. The molecule has 0 amide bonds. The molecule has 0 saturated carbocycles. The fourth-order valence-electron chi connectivity index (χ4n) is 1.83. The van der Waals surface area contributed by atoms with Crippen molar-refractivity contribution in [3.8, 4) is 0 Å². The average Bonchev–Trinajstić information content (AvgIpc) is 2.26. The van der Waals surface area contributed by atoms with Crippen LogP contribution in [0.3, 0.4) is 0 Å². The van der Waals surface area contributed by atoms with E-state index in [9.17, 15) is 8.42 Å². The molecule has 1 unspecified atom stereocenters. The SMILES string of the molecule is CCNCC(C)(CCCS(=O)(=O)CC)C(C)C. The molecule has 17 heavy (non-hydrogen) atoms. The fourth-order valence-corrected chi connectivity index (χ4v) is 2.70. The number of rotatable bonds is 9. The van der Waals surface area contributed by atoms with Crippen molar-refractivity contribution in [2.75, 3.05) is 24.6 Å². The minimum absolute atomic E-state index is 0.194. The minimum Gasteiger partial charge on any atom is -0.316 e. The third-order valence-electron chi connectivity index (χ3n) is 3.82. The molecule has 1 atom stereocenters. The van der Waals surface area contributed by atoms with Crippen LogP contribution in [0.1, 0.15) is 47.5 Å². The highest BCUT2D eigenvalue weighted by Gasteiger charge is 2.27. The largest absolute Gasteiger partial charge is 0.316 e. The average molecular weight is 263 g/mol. The standard InChI is InChI=1S/C13H29NO2S/c1-6-14-11-13(5,12(3)4)9-8-10-17(15,16)7-2/h12,14H,6-11H2,1-5H3. The van der Waals surface area contributed by atoms with E-state index in [1.165, 1.54) is 0 Å². The second-order valence-electron chi connectivity index (χ2n) is 5.43. The fraction of sp³-hybridized carbons (Fsp3) is 1.00. The zero-order valence-corrected chi connectivity index (χ0v) is 12.9. The van der Waals surface area contributed by atoms with Gasteiger partial charge in [-0.15, -0.1) is 0 Å². The number of hydrogen-bond acceptors (Lipinski definition) is 3. The van der Waals surface area contributed by atoms with Gasteiger partial charge in [-0.2, -0.15) is 0 Å². The Labute approximate surface area is 107 Å². The Morgan fingerprint density at radius 3 is 2.24 bits per heavy atom. The second kappa shape index (κ2) is 7.37. The summed E-state index contributed by atoms with van der Waals surface area (Å²) >= 11 is 0. The van der Waals surface area contributed by atoms with Gasteiger partial charge < -0.3 is 5.32 Å². The minimum atomic E-state index is -2.81. The summed E-state index contributed by atoms with van der Waals surface area (Å²) in [6, 6.07) is 0. The Bertz CT molecular complexity index is 299. The van der Waals surface area contributed by atoms with E-state index < -0.39 is 9.84 Å². The Balaban J connectivity index is 4.28. The lowest BCUT2D eigenvalue weighted by Crippen LogP contribution is -2.36. The maximum absolute atomic E-state index is 11.5. The van der Waals surface area contributed by atoms with Crippen molar-refractivity contribution in [2.24, 2.45) is 11.3 Å². The molecule has 0 aromatic carbocycles. The van der Waals surface area contributed by atoms with Crippen LogP contribution in [0, 0.1) is 11.3 Å². The van der Waals surface area contributed by atoms with E-state index in [2.05, 4.69) is 33.0 Å². The van der Waals surface area contributed by atoms with E-state index in [4.69, 9.17) is 0 Å². The lowest BCUT2D eigenvalue weighted by molar-refractivity contribution is 0.191. The van der Waals surface area contributed by atoms with Gasteiger partial charge in [0.25, 0.3) is 0 Å². The highest BCUT2D eigenvalue weighted by atomic mass is 32.2. The molecular weight excluding hydrogens is 234 g/mol. The summed E-state index contributed by atoms with van der Waals surface area (Å²) in [5, 5.41) is 3.38. The lowest BCUT2D eigenvalue weighted by atomic mass is 9.75. The molecule has 4 heteroatoms. The lowest BCUT2D eigenvalue weighted by Gasteiger charge is -2.34. The maximum atomic E-state index is 11.5. The molecule has 0 aromatic heterocycles. The third kappa shape index (κ3) is 6.41. The van der Waals surface area contributed by atoms with Crippen LogP contribution < -0.4 is 5.32 Å². The number of nitrogens with one attached hydrogen (secondary N) is 1. The molecule has 0 aromatic rings. The van der Waals surface area contributed by atoms with Gasteiger partial charge in [-0.25, -0.2) is 8.42 Å². The second-order valence-corrected chi connectivity index (χ2v) is 7.90. The van der Waals surface area contributed by atoms with Gasteiger partial charge in [0.1, 0.15) is 9.84 Å². The zero-order chi connectivity index (χ0) is 13.5. The van der Waals surface area contributed by atoms with Gasteiger partial charge in [-0.3, -0.25) is 0 Å². The van der Waals surface area contributed by atoms with Crippen LogP contribution in [0.25, 0.3) is 0 Å². The Morgan fingerprint density at radius 1 is 1.24 bits per heavy atom. The normalized spacial score (nSPS) is 16.1. The molecule has 0 spiro atoms. The van der Waals surface area contributed by atoms with Crippen molar-refractivity contribution < 1.29 is 8.42 Å². The van der Waals surface area contributed by atoms with Gasteiger partial charge in [0.2, 0.25) is 0 Å². The monoisotopic (exact) mass is 263 g/mol. The first-order chi connectivity index (χ1) is 7.77. The van der Waals surface area contributed by atoms with Gasteiger partial charge in [0.15, 0.2) is 0 Å². The molecule has 0 fully saturated rings. The van der Waals surface area contributed by atoms with Crippen LogP contribution in [-0.2, 0) is 9.84 Å². The molecule has 0 aliphatic heterocycles. The van der Waals surface area contributed by atoms with Crippen molar-refractivity contribution >= 4 is 9.84 Å². The number of sulfone groups is 1. The van der Waals surface area contributed by atoms with Crippen LogP contribution in [0.2, 0.25) is 0 Å². The maximum Gasteiger partial charge on any atom is 0.150 e. The van der Waals surface area contributed by atoms with Crippen LogP contribution in [0.5, 0.6) is 0 Å².